The maximum atomic E-state index is 13.2. The summed E-state index contributed by atoms with van der Waals surface area (Å²) in [7, 11) is 1.52. The van der Waals surface area contributed by atoms with Crippen LogP contribution in [0.3, 0.4) is 0 Å². The first-order valence-corrected chi connectivity index (χ1v) is 9.72. The number of carbonyl (C=O) groups is 1. The van der Waals surface area contributed by atoms with E-state index in [2.05, 4.69) is 0 Å². The predicted molar refractivity (Wildman–Crippen MR) is 109 cm³/mol. The van der Waals surface area contributed by atoms with Crippen LogP contribution in [0.25, 0.3) is 17.1 Å². The Morgan fingerprint density at radius 3 is 2.36 bits per heavy atom. The smallest absolute Gasteiger partial charge is 0.196 e. The van der Waals surface area contributed by atoms with Gasteiger partial charge in [0, 0.05) is 17.2 Å². The van der Waals surface area contributed by atoms with Gasteiger partial charge in [-0.15, -0.1) is 0 Å². The molecule has 3 rings (SSSR count). The van der Waals surface area contributed by atoms with E-state index < -0.39 is 5.41 Å². The molecule has 28 heavy (non-hydrogen) atoms. The first-order chi connectivity index (χ1) is 13.3. The van der Waals surface area contributed by atoms with Gasteiger partial charge in [-0.2, -0.15) is 0 Å². The van der Waals surface area contributed by atoms with E-state index in [0.29, 0.717) is 41.4 Å². The normalized spacial score (nSPS) is 15.5. The summed E-state index contributed by atoms with van der Waals surface area (Å²) in [6.45, 7) is 5.56. The van der Waals surface area contributed by atoms with Crippen molar-refractivity contribution < 1.29 is 19.1 Å². The molecular weight excluding hydrogens is 380 g/mol. The maximum Gasteiger partial charge on any atom is 0.196 e. The number of ketones is 1. The summed E-state index contributed by atoms with van der Waals surface area (Å²) in [6.07, 6.45) is 1.27. The van der Waals surface area contributed by atoms with Gasteiger partial charge < -0.3 is 14.3 Å². The number of carbonyl (C=O) groups excluding carboxylic acids is 1. The average molecular weight is 403 g/mol. The molecule has 0 spiro atoms. The topological polar surface area (TPSA) is 76.7 Å². The van der Waals surface area contributed by atoms with Crippen LogP contribution in [0.5, 0.6) is 5.75 Å². The van der Waals surface area contributed by atoms with Crippen molar-refractivity contribution in [3.63, 3.8) is 0 Å². The van der Waals surface area contributed by atoms with Crippen LogP contribution in [-0.4, -0.2) is 18.0 Å². The van der Waals surface area contributed by atoms with Crippen molar-refractivity contribution in [3.05, 3.63) is 56.4 Å². The molecule has 0 aliphatic heterocycles. The molecule has 0 atom stereocenters. The molecule has 0 unspecified atom stereocenters. The number of aliphatic hydroxyl groups is 1. The van der Waals surface area contributed by atoms with Crippen molar-refractivity contribution in [1.82, 2.24) is 0 Å². The Kier molecular flexibility index (Phi) is 5.39. The summed E-state index contributed by atoms with van der Waals surface area (Å²) in [4.78, 5) is 26.1. The molecule has 1 aliphatic rings. The van der Waals surface area contributed by atoms with Gasteiger partial charge in [-0.05, 0) is 37.5 Å². The molecule has 148 valence electrons. The number of halogens is 1. The number of rotatable bonds is 5. The molecule has 1 aliphatic carbocycles. The average Bonchev–Trinajstić information content (AvgIpc) is 2.68. The van der Waals surface area contributed by atoms with E-state index in [1.807, 2.05) is 13.8 Å². The quantitative estimate of drug-likeness (QED) is 0.735. The van der Waals surface area contributed by atoms with E-state index in [9.17, 15) is 14.7 Å². The first kappa shape index (κ1) is 20.2. The molecule has 6 heteroatoms. The number of ether oxygens (including phenoxy) is 1. The lowest BCUT2D eigenvalue weighted by molar-refractivity contribution is -0.122. The highest BCUT2D eigenvalue weighted by molar-refractivity contribution is 6.32. The van der Waals surface area contributed by atoms with E-state index in [1.54, 1.807) is 25.1 Å². The number of hydrogen-bond acceptors (Lipinski definition) is 5. The zero-order valence-electron chi connectivity index (χ0n) is 16.4. The Hall–Kier alpha value is -2.53. The molecule has 0 bridgehead atoms. The highest BCUT2D eigenvalue weighted by atomic mass is 35.5. The number of fused-ring (bicyclic) bond motifs is 1. The second-order valence-corrected chi connectivity index (χ2v) is 7.23. The summed E-state index contributed by atoms with van der Waals surface area (Å²) in [5.41, 5.74) is -0.403. The number of benzene rings is 1. The molecule has 0 amide bonds. The van der Waals surface area contributed by atoms with Gasteiger partial charge in [-0.1, -0.05) is 32.4 Å². The number of allylic oxidation sites excluding steroid dienone is 1. The summed E-state index contributed by atoms with van der Waals surface area (Å²) in [5, 5.41) is 11.0. The van der Waals surface area contributed by atoms with Gasteiger partial charge in [-0.3, -0.25) is 9.59 Å². The van der Waals surface area contributed by atoms with E-state index in [-0.39, 0.29) is 33.9 Å². The fourth-order valence-electron chi connectivity index (χ4n) is 3.89. The van der Waals surface area contributed by atoms with Crippen LogP contribution < -0.4 is 10.2 Å². The van der Waals surface area contributed by atoms with Gasteiger partial charge in [0.1, 0.15) is 28.6 Å². The van der Waals surface area contributed by atoms with Crippen LogP contribution in [0.4, 0.5) is 0 Å². The van der Waals surface area contributed by atoms with Crippen molar-refractivity contribution in [2.75, 3.05) is 7.11 Å². The molecule has 0 saturated heterocycles. The molecule has 1 aromatic heterocycles. The number of methoxy groups -OCH3 is 1. The monoisotopic (exact) mass is 402 g/mol. The second-order valence-electron chi connectivity index (χ2n) is 6.83. The van der Waals surface area contributed by atoms with Crippen molar-refractivity contribution in [2.45, 2.75) is 45.4 Å². The van der Waals surface area contributed by atoms with Crippen LogP contribution in [0.1, 0.15) is 51.4 Å². The first-order valence-electron chi connectivity index (χ1n) is 9.34. The standard InChI is InChI=1S/C22H23ClO5/c1-5-13-19(25)18-15(24)11-17(12-8-9-16(27-4)14(23)10-12)28-21(18)22(6-2,7-3)20(13)26/h8-11,25H,5-7H2,1-4H3. The molecule has 5 nitrogen and oxygen atoms in total. The second kappa shape index (κ2) is 7.47. The molecule has 1 aromatic carbocycles. The molecule has 0 radical (unpaired) electrons. The third kappa shape index (κ3) is 2.85. The Balaban J connectivity index is 2.33. The molecule has 0 saturated carbocycles. The minimum absolute atomic E-state index is 0.0866. The van der Waals surface area contributed by atoms with Crippen molar-refractivity contribution in [2.24, 2.45) is 0 Å². The SMILES string of the molecule is CCC1=C(O)c2c(oc(-c3ccc(OC)c(Cl)c3)cc2=O)C(CC)(CC)C1=O. The summed E-state index contributed by atoms with van der Waals surface area (Å²) in [5.74, 6) is 0.573. The highest BCUT2D eigenvalue weighted by Crippen LogP contribution is 2.45. The zero-order valence-corrected chi connectivity index (χ0v) is 17.1. The Bertz CT molecular complexity index is 1030. The predicted octanol–water partition coefficient (Wildman–Crippen LogP) is 5.29. The minimum atomic E-state index is -0.974. The molecule has 1 N–H and O–H groups in total. The zero-order chi connectivity index (χ0) is 20.6. The third-order valence-corrected chi connectivity index (χ3v) is 5.91. The Labute approximate surface area is 168 Å². The number of hydrogen-bond donors (Lipinski definition) is 1. The van der Waals surface area contributed by atoms with Crippen LogP contribution >= 0.6 is 11.6 Å². The summed E-state index contributed by atoms with van der Waals surface area (Å²) < 4.78 is 11.3. The minimum Gasteiger partial charge on any atom is -0.507 e. The summed E-state index contributed by atoms with van der Waals surface area (Å²) in [6, 6.07) is 6.38. The number of Topliss-reactive ketones (excluding diaryl/α,β-unsaturated/α-hetero) is 1. The van der Waals surface area contributed by atoms with Gasteiger partial charge in [0.2, 0.25) is 0 Å². The molecular formula is C22H23ClO5. The largest absolute Gasteiger partial charge is 0.507 e. The van der Waals surface area contributed by atoms with Crippen molar-refractivity contribution in [1.29, 1.82) is 0 Å². The van der Waals surface area contributed by atoms with Gasteiger partial charge in [-0.25, -0.2) is 0 Å². The highest BCUT2D eigenvalue weighted by Gasteiger charge is 2.48. The Morgan fingerprint density at radius 2 is 1.82 bits per heavy atom. The number of aliphatic hydroxyl groups excluding tert-OH is 1. The molecule has 2 aromatic rings. The van der Waals surface area contributed by atoms with E-state index in [1.165, 1.54) is 13.2 Å². The van der Waals surface area contributed by atoms with Crippen LogP contribution in [0.15, 0.2) is 39.1 Å². The van der Waals surface area contributed by atoms with Crippen LogP contribution in [-0.2, 0) is 10.2 Å². The molecule has 1 heterocycles. The van der Waals surface area contributed by atoms with Crippen molar-refractivity contribution in [3.8, 4) is 17.1 Å². The molecule has 0 fully saturated rings. The van der Waals surface area contributed by atoms with Crippen LogP contribution in [0, 0.1) is 0 Å². The lowest BCUT2D eigenvalue weighted by Crippen LogP contribution is -2.41. The maximum absolute atomic E-state index is 13.2. The van der Waals surface area contributed by atoms with Crippen molar-refractivity contribution >= 4 is 23.1 Å². The van der Waals surface area contributed by atoms with E-state index in [4.69, 9.17) is 20.8 Å². The van der Waals surface area contributed by atoms with Gasteiger partial charge in [0.05, 0.1) is 17.5 Å². The van der Waals surface area contributed by atoms with Gasteiger partial charge >= 0.3 is 0 Å². The van der Waals surface area contributed by atoms with E-state index in [0.717, 1.165) is 0 Å². The summed E-state index contributed by atoms with van der Waals surface area (Å²) >= 11 is 6.21. The fraction of sp³-hybridized carbons (Fsp3) is 0.364. The fourth-order valence-corrected chi connectivity index (χ4v) is 4.14. The van der Waals surface area contributed by atoms with E-state index >= 15 is 0 Å². The lowest BCUT2D eigenvalue weighted by Gasteiger charge is -2.35. The van der Waals surface area contributed by atoms with Gasteiger partial charge in [0.25, 0.3) is 0 Å². The lowest BCUT2D eigenvalue weighted by atomic mass is 9.68. The Morgan fingerprint density at radius 1 is 1.14 bits per heavy atom. The van der Waals surface area contributed by atoms with Gasteiger partial charge in [0.15, 0.2) is 11.2 Å². The third-order valence-electron chi connectivity index (χ3n) is 5.61. The van der Waals surface area contributed by atoms with Crippen LogP contribution in [0.2, 0.25) is 5.02 Å².